The van der Waals surface area contributed by atoms with E-state index in [1.807, 2.05) is 21.0 Å². The number of rotatable bonds is 4. The van der Waals surface area contributed by atoms with Gasteiger partial charge in [-0.1, -0.05) is 6.92 Å². The largest absolute Gasteiger partial charge is 0.305 e. The second kappa shape index (κ2) is 4.59. The number of likely N-dealkylation sites (N-methyl/N-ethyl adjacent to an activating group) is 1. The molecule has 0 N–H and O–H groups in total. The van der Waals surface area contributed by atoms with Gasteiger partial charge in [0, 0.05) is 19.1 Å². The van der Waals surface area contributed by atoms with Crippen molar-refractivity contribution in [1.82, 2.24) is 9.21 Å². The van der Waals surface area contributed by atoms with Crippen molar-refractivity contribution < 1.29 is 8.42 Å². The fourth-order valence-corrected chi connectivity index (χ4v) is 3.33. The zero-order chi connectivity index (χ0) is 10.8. The minimum atomic E-state index is -2.97. The molecule has 0 aromatic carbocycles. The molecule has 1 aliphatic rings. The van der Waals surface area contributed by atoms with Gasteiger partial charge in [0.15, 0.2) is 0 Å². The van der Waals surface area contributed by atoms with Crippen molar-refractivity contribution >= 4 is 10.0 Å². The van der Waals surface area contributed by atoms with E-state index in [1.54, 1.807) is 4.31 Å². The lowest BCUT2D eigenvalue weighted by molar-refractivity contribution is 0.302. The van der Waals surface area contributed by atoms with Gasteiger partial charge in [-0.3, -0.25) is 0 Å². The van der Waals surface area contributed by atoms with E-state index < -0.39 is 10.0 Å². The zero-order valence-corrected chi connectivity index (χ0v) is 10.0. The number of hydrogen-bond acceptors (Lipinski definition) is 3. The van der Waals surface area contributed by atoms with Crippen LogP contribution in [0, 0.1) is 0 Å². The summed E-state index contributed by atoms with van der Waals surface area (Å²) >= 11 is 0. The Labute approximate surface area is 86.9 Å². The van der Waals surface area contributed by atoms with Crippen LogP contribution in [0.2, 0.25) is 0 Å². The summed E-state index contributed by atoms with van der Waals surface area (Å²) in [5, 5.41) is 0. The van der Waals surface area contributed by atoms with E-state index in [2.05, 4.69) is 4.90 Å². The lowest BCUT2D eigenvalue weighted by Crippen LogP contribution is -2.35. The van der Waals surface area contributed by atoms with Crippen LogP contribution in [0.15, 0.2) is 0 Å². The molecule has 0 bridgehead atoms. The maximum Gasteiger partial charge on any atom is 0.214 e. The highest BCUT2D eigenvalue weighted by Crippen LogP contribution is 2.17. The van der Waals surface area contributed by atoms with Crippen molar-refractivity contribution in [3.8, 4) is 0 Å². The highest BCUT2D eigenvalue weighted by Gasteiger charge is 2.31. The Kier molecular flexibility index (Phi) is 3.92. The van der Waals surface area contributed by atoms with Crippen LogP contribution >= 0.6 is 0 Å². The Morgan fingerprint density at radius 1 is 1.43 bits per heavy atom. The van der Waals surface area contributed by atoms with E-state index >= 15 is 0 Å². The minimum Gasteiger partial charge on any atom is -0.305 e. The molecule has 0 amide bonds. The molecule has 1 unspecified atom stereocenters. The Morgan fingerprint density at radius 2 is 2.07 bits per heavy atom. The highest BCUT2D eigenvalue weighted by molar-refractivity contribution is 7.89. The highest BCUT2D eigenvalue weighted by atomic mass is 32.2. The maximum absolute atomic E-state index is 11.7. The van der Waals surface area contributed by atoms with E-state index in [9.17, 15) is 8.42 Å². The Balaban J connectivity index is 2.58. The molecule has 0 spiro atoms. The van der Waals surface area contributed by atoms with Gasteiger partial charge in [0.25, 0.3) is 0 Å². The molecule has 0 radical (unpaired) electrons. The lowest BCUT2D eigenvalue weighted by Gasteiger charge is -2.20. The van der Waals surface area contributed by atoms with Crippen molar-refractivity contribution in [3.05, 3.63) is 0 Å². The summed E-state index contributed by atoms with van der Waals surface area (Å²) in [6.07, 6.45) is 1.65. The smallest absolute Gasteiger partial charge is 0.214 e. The molecular weight excluding hydrogens is 200 g/mol. The van der Waals surface area contributed by atoms with Gasteiger partial charge in [0.05, 0.1) is 5.75 Å². The normalized spacial score (nSPS) is 24.7. The second-order valence-electron chi connectivity index (χ2n) is 4.08. The summed E-state index contributed by atoms with van der Waals surface area (Å²) in [4.78, 5) is 2.10. The number of hydrogen-bond donors (Lipinski definition) is 0. The van der Waals surface area contributed by atoms with Gasteiger partial charge in [0.2, 0.25) is 10.0 Å². The van der Waals surface area contributed by atoms with Gasteiger partial charge in [-0.25, -0.2) is 12.7 Å². The van der Waals surface area contributed by atoms with Gasteiger partial charge < -0.3 is 4.90 Å². The van der Waals surface area contributed by atoms with Crippen molar-refractivity contribution in [2.45, 2.75) is 25.8 Å². The molecule has 14 heavy (non-hydrogen) atoms. The zero-order valence-electron chi connectivity index (χ0n) is 9.23. The van der Waals surface area contributed by atoms with E-state index in [1.165, 1.54) is 0 Å². The van der Waals surface area contributed by atoms with Crippen LogP contribution in [0.25, 0.3) is 0 Å². The molecule has 4 nitrogen and oxygen atoms in total. The van der Waals surface area contributed by atoms with Gasteiger partial charge in [-0.2, -0.15) is 0 Å². The second-order valence-corrected chi connectivity index (χ2v) is 6.17. The summed E-state index contributed by atoms with van der Waals surface area (Å²) in [5.41, 5.74) is 0. The molecule has 0 aromatic rings. The van der Waals surface area contributed by atoms with Crippen LogP contribution in [0.5, 0.6) is 0 Å². The van der Waals surface area contributed by atoms with Crippen molar-refractivity contribution in [2.75, 3.05) is 32.9 Å². The van der Waals surface area contributed by atoms with Crippen molar-refractivity contribution in [2.24, 2.45) is 0 Å². The molecule has 1 atom stereocenters. The molecule has 1 heterocycles. The number of sulfonamides is 1. The Hall–Kier alpha value is -0.130. The summed E-state index contributed by atoms with van der Waals surface area (Å²) < 4.78 is 25.0. The molecule has 0 aromatic heterocycles. The quantitative estimate of drug-likeness (QED) is 0.687. The van der Waals surface area contributed by atoms with Gasteiger partial charge in [0.1, 0.15) is 0 Å². The van der Waals surface area contributed by atoms with Crippen LogP contribution in [0.1, 0.15) is 19.8 Å². The summed E-state index contributed by atoms with van der Waals surface area (Å²) in [6, 6.07) is 0.390. The Morgan fingerprint density at radius 3 is 2.50 bits per heavy atom. The summed E-state index contributed by atoms with van der Waals surface area (Å²) in [7, 11) is 1.03. The maximum atomic E-state index is 11.7. The predicted molar refractivity (Wildman–Crippen MR) is 57.7 cm³/mol. The minimum absolute atomic E-state index is 0.285. The lowest BCUT2D eigenvalue weighted by atomic mass is 10.2. The van der Waals surface area contributed by atoms with Crippen LogP contribution < -0.4 is 0 Å². The van der Waals surface area contributed by atoms with E-state index in [0.29, 0.717) is 25.6 Å². The fourth-order valence-electron chi connectivity index (χ4n) is 1.77. The third kappa shape index (κ3) is 2.68. The molecular formula is C9H20N2O2S. The van der Waals surface area contributed by atoms with Crippen LogP contribution in [0.4, 0.5) is 0 Å². The molecule has 1 fully saturated rings. The molecule has 0 aliphatic carbocycles. The average molecular weight is 220 g/mol. The topological polar surface area (TPSA) is 40.6 Å². The predicted octanol–water partition coefficient (Wildman–Crippen LogP) is 0.362. The first-order valence-electron chi connectivity index (χ1n) is 5.11. The van der Waals surface area contributed by atoms with Gasteiger partial charge >= 0.3 is 0 Å². The van der Waals surface area contributed by atoms with E-state index in [4.69, 9.17) is 0 Å². The molecule has 1 saturated heterocycles. The first kappa shape index (κ1) is 11.9. The Bertz CT molecular complexity index is 275. The van der Waals surface area contributed by atoms with Gasteiger partial charge in [-0.05, 0) is 26.9 Å². The summed E-state index contributed by atoms with van der Waals surface area (Å²) in [6.45, 7) is 3.25. The molecule has 0 saturated carbocycles. The van der Waals surface area contributed by atoms with Crippen LogP contribution in [-0.2, 0) is 10.0 Å². The molecule has 1 rings (SSSR count). The summed E-state index contributed by atoms with van der Waals surface area (Å²) in [5.74, 6) is 0.285. The third-order valence-corrected chi connectivity index (χ3v) is 4.75. The first-order chi connectivity index (χ1) is 6.47. The van der Waals surface area contributed by atoms with Crippen molar-refractivity contribution in [1.29, 1.82) is 0 Å². The number of nitrogens with zero attached hydrogens (tertiary/aromatic N) is 2. The SMILES string of the molecule is CCCS(=O)(=O)N1CCC(N(C)C)C1. The van der Waals surface area contributed by atoms with Crippen LogP contribution in [0.3, 0.4) is 0 Å². The van der Waals surface area contributed by atoms with Crippen LogP contribution in [-0.4, -0.2) is 56.6 Å². The molecule has 1 aliphatic heterocycles. The standard InChI is InChI=1S/C9H20N2O2S/c1-4-7-14(12,13)11-6-5-9(8-11)10(2)3/h9H,4-8H2,1-3H3. The van der Waals surface area contributed by atoms with E-state index in [-0.39, 0.29) is 5.75 Å². The average Bonchev–Trinajstić information content (AvgIpc) is 2.51. The third-order valence-electron chi connectivity index (χ3n) is 2.71. The van der Waals surface area contributed by atoms with Gasteiger partial charge in [-0.15, -0.1) is 0 Å². The first-order valence-corrected chi connectivity index (χ1v) is 6.72. The van der Waals surface area contributed by atoms with Crippen molar-refractivity contribution in [3.63, 3.8) is 0 Å². The molecule has 84 valence electrons. The monoisotopic (exact) mass is 220 g/mol. The fraction of sp³-hybridized carbons (Fsp3) is 1.00. The molecule has 5 heteroatoms. The van der Waals surface area contributed by atoms with E-state index in [0.717, 1.165) is 6.42 Å².